The lowest BCUT2D eigenvalue weighted by atomic mass is 10.2. The molecule has 2 rings (SSSR count). The maximum Gasteiger partial charge on any atom is 0.243 e. The molecular weight excluding hydrogens is 411 g/mol. The van der Waals surface area contributed by atoms with Crippen molar-refractivity contribution < 1.29 is 17.6 Å². The summed E-state index contributed by atoms with van der Waals surface area (Å²) in [6.45, 7) is 0.0653. The molecule has 27 heavy (non-hydrogen) atoms. The maximum absolute atomic E-state index is 13.7. The van der Waals surface area contributed by atoms with Crippen LogP contribution in [0.25, 0.3) is 0 Å². The van der Waals surface area contributed by atoms with Gasteiger partial charge in [0.05, 0.1) is 11.4 Å². The molecule has 9 heteroatoms. The lowest BCUT2D eigenvalue weighted by molar-refractivity contribution is -0.121. The highest BCUT2D eigenvalue weighted by Crippen LogP contribution is 2.23. The van der Waals surface area contributed by atoms with Gasteiger partial charge in [-0.2, -0.15) is 16.1 Å². The molecule has 146 valence electrons. The van der Waals surface area contributed by atoms with E-state index in [4.69, 9.17) is 11.6 Å². The maximum atomic E-state index is 13.7. The third-order valence-corrected chi connectivity index (χ3v) is 6.85. The van der Waals surface area contributed by atoms with Crippen molar-refractivity contribution in [2.75, 3.05) is 25.9 Å². The molecule has 0 aliphatic carbocycles. The Morgan fingerprint density at radius 3 is 2.56 bits per heavy atom. The minimum Gasteiger partial charge on any atom is -0.354 e. The van der Waals surface area contributed by atoms with Crippen LogP contribution in [0.4, 0.5) is 4.39 Å². The summed E-state index contributed by atoms with van der Waals surface area (Å²) < 4.78 is 39.4. The summed E-state index contributed by atoms with van der Waals surface area (Å²) in [5.74, 6) is 0.184. The number of amides is 1. The highest BCUT2D eigenvalue weighted by Gasteiger charge is 2.22. The molecule has 0 aliphatic rings. The van der Waals surface area contributed by atoms with Crippen LogP contribution in [0.2, 0.25) is 5.02 Å². The summed E-state index contributed by atoms with van der Waals surface area (Å²) in [5, 5.41) is 3.03. The number of carbonyl (C=O) groups is 1. The molecule has 0 fully saturated rings. The van der Waals surface area contributed by atoms with Gasteiger partial charge in [-0.25, -0.2) is 12.8 Å². The van der Waals surface area contributed by atoms with Gasteiger partial charge in [-0.05, 0) is 24.3 Å². The van der Waals surface area contributed by atoms with Crippen molar-refractivity contribution in [3.8, 4) is 0 Å². The summed E-state index contributed by atoms with van der Waals surface area (Å²) >= 11 is 7.38. The summed E-state index contributed by atoms with van der Waals surface area (Å²) in [4.78, 5) is 12.1. The van der Waals surface area contributed by atoms with Gasteiger partial charge < -0.3 is 5.32 Å². The number of thioether (sulfide) groups is 1. The van der Waals surface area contributed by atoms with Gasteiger partial charge in [0.2, 0.25) is 15.9 Å². The minimum absolute atomic E-state index is 0.137. The van der Waals surface area contributed by atoms with Gasteiger partial charge in [0, 0.05) is 35.7 Å². The molecule has 0 heterocycles. The molecule has 1 N–H and O–H groups in total. The second-order valence-electron chi connectivity index (χ2n) is 5.68. The topological polar surface area (TPSA) is 66.5 Å². The van der Waals surface area contributed by atoms with E-state index < -0.39 is 15.9 Å². The number of sulfonamides is 1. The zero-order valence-electron chi connectivity index (χ0n) is 14.7. The first-order chi connectivity index (χ1) is 12.8. The molecule has 0 saturated carbocycles. The van der Waals surface area contributed by atoms with Crippen LogP contribution in [0.3, 0.4) is 0 Å². The first kappa shape index (κ1) is 21.7. The van der Waals surface area contributed by atoms with Gasteiger partial charge in [0.1, 0.15) is 5.82 Å². The Balaban J connectivity index is 1.75. The molecule has 2 aromatic carbocycles. The van der Waals surface area contributed by atoms with Crippen LogP contribution in [0.1, 0.15) is 5.56 Å². The number of nitrogens with zero attached hydrogens (tertiary/aromatic N) is 1. The van der Waals surface area contributed by atoms with Crippen molar-refractivity contribution >= 4 is 39.3 Å². The molecule has 0 saturated heterocycles. The molecule has 2 aromatic rings. The Morgan fingerprint density at radius 1 is 1.19 bits per heavy atom. The fraction of sp³-hybridized carbons (Fsp3) is 0.278. The van der Waals surface area contributed by atoms with Crippen LogP contribution in [0.15, 0.2) is 53.4 Å². The van der Waals surface area contributed by atoms with Crippen molar-refractivity contribution in [3.63, 3.8) is 0 Å². The lowest BCUT2D eigenvalue weighted by Crippen LogP contribution is -2.39. The van der Waals surface area contributed by atoms with E-state index >= 15 is 0 Å². The smallest absolute Gasteiger partial charge is 0.243 e. The van der Waals surface area contributed by atoms with E-state index in [0.29, 0.717) is 28.6 Å². The number of likely N-dealkylation sites (N-methyl/N-ethyl adjacent to an activating group) is 1. The Kier molecular flexibility index (Phi) is 8.09. The number of halogens is 2. The zero-order valence-corrected chi connectivity index (χ0v) is 17.1. The highest BCUT2D eigenvalue weighted by molar-refractivity contribution is 7.98. The van der Waals surface area contributed by atoms with Crippen LogP contribution in [0, 0.1) is 5.82 Å². The summed E-state index contributed by atoms with van der Waals surface area (Å²) in [5.41, 5.74) is 0.434. The van der Waals surface area contributed by atoms with Crippen molar-refractivity contribution in [1.29, 1.82) is 0 Å². The number of nitrogens with one attached hydrogen (secondary N) is 1. The summed E-state index contributed by atoms with van der Waals surface area (Å²) in [6, 6.07) is 12.5. The van der Waals surface area contributed by atoms with Gasteiger partial charge >= 0.3 is 0 Å². The SMILES string of the molecule is CN(CC(=O)NCCSCc1c(F)cccc1Cl)S(=O)(=O)c1ccccc1. The van der Waals surface area contributed by atoms with Gasteiger partial charge in [0.25, 0.3) is 0 Å². The standard InChI is InChI=1S/C18H20ClFN2O3S2/c1-22(27(24,25)14-6-3-2-4-7-14)12-18(23)21-10-11-26-13-15-16(19)8-5-9-17(15)20/h2-9H,10-13H2,1H3,(H,21,23). The van der Waals surface area contributed by atoms with Gasteiger partial charge in [-0.3, -0.25) is 4.79 Å². The average Bonchev–Trinajstić information content (AvgIpc) is 2.64. The van der Waals surface area contributed by atoms with Crippen molar-refractivity contribution in [2.45, 2.75) is 10.6 Å². The van der Waals surface area contributed by atoms with Crippen LogP contribution in [-0.2, 0) is 20.6 Å². The summed E-state index contributed by atoms with van der Waals surface area (Å²) in [7, 11) is -2.35. The number of hydrogen-bond donors (Lipinski definition) is 1. The second-order valence-corrected chi connectivity index (χ2v) is 9.23. The monoisotopic (exact) mass is 430 g/mol. The van der Waals surface area contributed by atoms with E-state index in [2.05, 4.69) is 5.32 Å². The Morgan fingerprint density at radius 2 is 1.89 bits per heavy atom. The summed E-state index contributed by atoms with van der Waals surface area (Å²) in [6.07, 6.45) is 0. The quantitative estimate of drug-likeness (QED) is 0.620. The molecular formula is C18H20ClFN2O3S2. The van der Waals surface area contributed by atoms with Crippen LogP contribution < -0.4 is 5.32 Å². The van der Waals surface area contributed by atoms with E-state index in [1.807, 2.05) is 0 Å². The molecule has 0 unspecified atom stereocenters. The van der Waals surface area contributed by atoms with Gasteiger partial charge in [-0.15, -0.1) is 0 Å². The fourth-order valence-corrected chi connectivity index (χ4v) is 4.57. The molecule has 0 aliphatic heterocycles. The molecule has 0 spiro atoms. The second kappa shape index (κ2) is 10.1. The third kappa shape index (κ3) is 6.21. The number of carbonyl (C=O) groups excluding carboxylic acids is 1. The van der Waals surface area contributed by atoms with E-state index in [9.17, 15) is 17.6 Å². The molecule has 1 amide bonds. The Hall–Kier alpha value is -1.61. The molecule has 0 radical (unpaired) electrons. The van der Waals surface area contributed by atoms with Crippen LogP contribution >= 0.6 is 23.4 Å². The van der Waals surface area contributed by atoms with E-state index in [1.54, 1.807) is 30.3 Å². The number of benzene rings is 2. The van der Waals surface area contributed by atoms with Gasteiger partial charge in [0.15, 0.2) is 0 Å². The number of hydrogen-bond acceptors (Lipinski definition) is 4. The van der Waals surface area contributed by atoms with Crippen molar-refractivity contribution in [3.05, 3.63) is 64.9 Å². The van der Waals surface area contributed by atoms with Gasteiger partial charge in [-0.1, -0.05) is 35.9 Å². The lowest BCUT2D eigenvalue weighted by Gasteiger charge is -2.16. The van der Waals surface area contributed by atoms with Crippen LogP contribution in [-0.4, -0.2) is 44.5 Å². The van der Waals surface area contributed by atoms with Crippen LogP contribution in [0.5, 0.6) is 0 Å². The molecule has 0 bridgehead atoms. The largest absolute Gasteiger partial charge is 0.354 e. The van der Waals surface area contributed by atoms with E-state index in [1.165, 1.54) is 37.0 Å². The Bertz CT molecular complexity index is 859. The van der Waals surface area contributed by atoms with E-state index in [-0.39, 0.29) is 17.3 Å². The third-order valence-electron chi connectivity index (χ3n) is 3.69. The minimum atomic E-state index is -3.70. The zero-order chi connectivity index (χ0) is 19.9. The average molecular weight is 431 g/mol. The number of rotatable bonds is 9. The first-order valence-corrected chi connectivity index (χ1v) is 11.1. The van der Waals surface area contributed by atoms with Crippen molar-refractivity contribution in [2.24, 2.45) is 0 Å². The predicted octanol–water partition coefficient (Wildman–Crippen LogP) is 3.15. The fourth-order valence-electron chi connectivity index (χ4n) is 2.22. The molecule has 0 atom stereocenters. The van der Waals surface area contributed by atoms with Crippen molar-refractivity contribution in [1.82, 2.24) is 9.62 Å². The molecule has 0 aromatic heterocycles. The normalized spacial score (nSPS) is 11.6. The first-order valence-electron chi connectivity index (χ1n) is 8.11. The molecule has 5 nitrogen and oxygen atoms in total. The Labute approximate surface area is 168 Å². The highest BCUT2D eigenvalue weighted by atomic mass is 35.5. The predicted molar refractivity (Wildman–Crippen MR) is 107 cm³/mol. The van der Waals surface area contributed by atoms with E-state index in [0.717, 1.165) is 4.31 Å².